The van der Waals surface area contributed by atoms with Crippen molar-refractivity contribution in [2.24, 2.45) is 5.73 Å². The summed E-state index contributed by atoms with van der Waals surface area (Å²) in [5.74, 6) is -0.667. The molecule has 1 aromatic carbocycles. The van der Waals surface area contributed by atoms with Gasteiger partial charge in [0.1, 0.15) is 17.5 Å². The summed E-state index contributed by atoms with van der Waals surface area (Å²) in [7, 11) is 1.25. The molecule has 0 saturated heterocycles. The highest BCUT2D eigenvalue weighted by atomic mass is 16.5. The molecule has 0 fully saturated rings. The Morgan fingerprint density at radius 3 is 2.73 bits per heavy atom. The lowest BCUT2D eigenvalue weighted by Gasteiger charge is -2.10. The van der Waals surface area contributed by atoms with Gasteiger partial charge < -0.3 is 20.7 Å². The van der Waals surface area contributed by atoms with Gasteiger partial charge >= 0.3 is 5.97 Å². The van der Waals surface area contributed by atoms with E-state index < -0.39 is 12.0 Å². The molecule has 0 radical (unpaired) electrons. The van der Waals surface area contributed by atoms with E-state index in [9.17, 15) is 9.90 Å². The van der Waals surface area contributed by atoms with Gasteiger partial charge in [-0.05, 0) is 11.6 Å². The van der Waals surface area contributed by atoms with E-state index in [1.165, 1.54) is 25.3 Å². The molecular weight excluding hydrogens is 198 g/mol. The third-order valence-electron chi connectivity index (χ3n) is 2.01. The van der Waals surface area contributed by atoms with Gasteiger partial charge in [0.15, 0.2) is 0 Å². The molecule has 5 heteroatoms. The van der Waals surface area contributed by atoms with Crippen LogP contribution in [0.4, 0.5) is 0 Å². The van der Waals surface area contributed by atoms with E-state index in [-0.39, 0.29) is 17.9 Å². The molecule has 0 amide bonds. The summed E-state index contributed by atoms with van der Waals surface area (Å²) in [6, 6.07) is 3.30. The van der Waals surface area contributed by atoms with E-state index in [1.54, 1.807) is 0 Å². The fraction of sp³-hybridized carbons (Fsp3) is 0.300. The van der Waals surface area contributed by atoms with Crippen LogP contribution in [0.25, 0.3) is 0 Å². The molecule has 0 saturated carbocycles. The Kier molecular flexibility index (Phi) is 3.51. The van der Waals surface area contributed by atoms with Crippen molar-refractivity contribution in [1.82, 2.24) is 0 Å². The van der Waals surface area contributed by atoms with Crippen molar-refractivity contribution in [2.75, 3.05) is 7.11 Å². The highest BCUT2D eigenvalue weighted by molar-refractivity contribution is 5.75. The molecule has 5 nitrogen and oxygen atoms in total. The first-order chi connectivity index (χ1) is 7.04. The zero-order valence-corrected chi connectivity index (χ0v) is 8.30. The van der Waals surface area contributed by atoms with Gasteiger partial charge in [0.05, 0.1) is 7.11 Å². The summed E-state index contributed by atoms with van der Waals surface area (Å²) in [5, 5.41) is 18.5. The molecule has 0 unspecified atom stereocenters. The maximum absolute atomic E-state index is 11.0. The normalized spacial score (nSPS) is 12.1. The molecule has 15 heavy (non-hydrogen) atoms. The standard InChI is InChI=1S/C10H13NO4/c1-15-10(14)8(11)4-6-2-3-7(12)5-9(6)13/h2-3,5,8,12-13H,4,11H2,1H3/t8-/m1/s1. The molecule has 0 aromatic heterocycles. The number of phenolic OH excluding ortho intramolecular Hbond substituents is 2. The van der Waals surface area contributed by atoms with Gasteiger partial charge in [-0.2, -0.15) is 0 Å². The van der Waals surface area contributed by atoms with Crippen molar-refractivity contribution in [2.45, 2.75) is 12.5 Å². The van der Waals surface area contributed by atoms with Crippen molar-refractivity contribution in [1.29, 1.82) is 0 Å². The number of phenols is 2. The van der Waals surface area contributed by atoms with Crippen molar-refractivity contribution in [3.8, 4) is 11.5 Å². The molecule has 4 N–H and O–H groups in total. The number of hydrogen-bond acceptors (Lipinski definition) is 5. The maximum Gasteiger partial charge on any atom is 0.322 e. The molecule has 0 spiro atoms. The average molecular weight is 211 g/mol. The van der Waals surface area contributed by atoms with E-state index in [1.807, 2.05) is 0 Å². The van der Waals surface area contributed by atoms with Crippen LogP contribution in [0.5, 0.6) is 11.5 Å². The van der Waals surface area contributed by atoms with Gasteiger partial charge in [0.25, 0.3) is 0 Å². The lowest BCUT2D eigenvalue weighted by atomic mass is 10.1. The second-order valence-corrected chi connectivity index (χ2v) is 3.15. The fourth-order valence-corrected chi connectivity index (χ4v) is 1.20. The molecular formula is C10H13NO4. The molecule has 1 aromatic rings. The van der Waals surface area contributed by atoms with Gasteiger partial charge in [0, 0.05) is 12.5 Å². The largest absolute Gasteiger partial charge is 0.508 e. The van der Waals surface area contributed by atoms with Crippen LogP contribution in [-0.4, -0.2) is 29.3 Å². The Balaban J connectivity index is 2.76. The number of hydrogen-bond donors (Lipinski definition) is 3. The van der Waals surface area contributed by atoms with Crippen molar-refractivity contribution >= 4 is 5.97 Å². The summed E-state index contributed by atoms with van der Waals surface area (Å²) in [6.45, 7) is 0. The minimum Gasteiger partial charge on any atom is -0.508 e. The summed E-state index contributed by atoms with van der Waals surface area (Å²) in [6.07, 6.45) is 0.165. The number of methoxy groups -OCH3 is 1. The predicted molar refractivity (Wildman–Crippen MR) is 53.5 cm³/mol. The summed E-state index contributed by atoms with van der Waals surface area (Å²) < 4.78 is 4.45. The lowest BCUT2D eigenvalue weighted by molar-refractivity contribution is -0.142. The minimum absolute atomic E-state index is 0.0390. The Bertz CT molecular complexity index is 364. The van der Waals surface area contributed by atoms with E-state index in [4.69, 9.17) is 10.8 Å². The van der Waals surface area contributed by atoms with Crippen LogP contribution >= 0.6 is 0 Å². The number of carbonyl (C=O) groups is 1. The molecule has 0 heterocycles. The number of rotatable bonds is 3. The smallest absolute Gasteiger partial charge is 0.322 e. The number of esters is 1. The third kappa shape index (κ3) is 2.85. The Morgan fingerprint density at radius 2 is 2.20 bits per heavy atom. The monoisotopic (exact) mass is 211 g/mol. The number of benzene rings is 1. The SMILES string of the molecule is COC(=O)[C@H](N)Cc1ccc(O)cc1O. The van der Waals surface area contributed by atoms with Crippen LogP contribution in [0.1, 0.15) is 5.56 Å². The summed E-state index contributed by atoms with van der Waals surface area (Å²) >= 11 is 0. The predicted octanol–water partition coefficient (Wildman–Crippen LogP) is 0.141. The van der Waals surface area contributed by atoms with Gasteiger partial charge in [0.2, 0.25) is 0 Å². The zero-order valence-electron chi connectivity index (χ0n) is 8.30. The fourth-order valence-electron chi connectivity index (χ4n) is 1.20. The first-order valence-electron chi connectivity index (χ1n) is 4.39. The average Bonchev–Trinajstić information content (AvgIpc) is 2.20. The van der Waals surface area contributed by atoms with E-state index in [0.29, 0.717) is 5.56 Å². The highest BCUT2D eigenvalue weighted by Crippen LogP contribution is 2.23. The van der Waals surface area contributed by atoms with Gasteiger partial charge in [-0.3, -0.25) is 4.79 Å². The van der Waals surface area contributed by atoms with E-state index in [2.05, 4.69) is 4.74 Å². The van der Waals surface area contributed by atoms with E-state index in [0.717, 1.165) is 0 Å². The number of carbonyl (C=O) groups excluding carboxylic acids is 1. The molecule has 0 aliphatic carbocycles. The molecule has 1 atom stereocenters. The summed E-state index contributed by atoms with van der Waals surface area (Å²) in [5.41, 5.74) is 6.01. The van der Waals surface area contributed by atoms with E-state index >= 15 is 0 Å². The molecule has 82 valence electrons. The molecule has 1 rings (SSSR count). The van der Waals surface area contributed by atoms with Crippen molar-refractivity contribution in [3.63, 3.8) is 0 Å². The first-order valence-corrected chi connectivity index (χ1v) is 4.39. The van der Waals surface area contributed by atoms with Crippen molar-refractivity contribution < 1.29 is 19.7 Å². The van der Waals surface area contributed by atoms with Crippen LogP contribution in [0.3, 0.4) is 0 Å². The third-order valence-corrected chi connectivity index (χ3v) is 2.01. The Morgan fingerprint density at radius 1 is 1.53 bits per heavy atom. The van der Waals surface area contributed by atoms with Gasteiger partial charge in [-0.25, -0.2) is 0 Å². The molecule has 0 bridgehead atoms. The lowest BCUT2D eigenvalue weighted by Crippen LogP contribution is -2.33. The first kappa shape index (κ1) is 11.3. The quantitative estimate of drug-likeness (QED) is 0.618. The Hall–Kier alpha value is -1.75. The van der Waals surface area contributed by atoms with Crippen LogP contribution in [0.15, 0.2) is 18.2 Å². The minimum atomic E-state index is -0.814. The maximum atomic E-state index is 11.0. The van der Waals surface area contributed by atoms with Crippen LogP contribution in [0.2, 0.25) is 0 Å². The topological polar surface area (TPSA) is 92.8 Å². The van der Waals surface area contributed by atoms with Gasteiger partial charge in [-0.15, -0.1) is 0 Å². The Labute approximate surface area is 87.1 Å². The molecule has 0 aliphatic rings. The second kappa shape index (κ2) is 4.65. The second-order valence-electron chi connectivity index (χ2n) is 3.15. The number of ether oxygens (including phenoxy) is 1. The highest BCUT2D eigenvalue weighted by Gasteiger charge is 2.16. The van der Waals surface area contributed by atoms with Crippen molar-refractivity contribution in [3.05, 3.63) is 23.8 Å². The van der Waals surface area contributed by atoms with Gasteiger partial charge in [-0.1, -0.05) is 6.07 Å². The van der Waals surface area contributed by atoms with Crippen LogP contribution in [0, 0.1) is 0 Å². The molecule has 0 aliphatic heterocycles. The zero-order chi connectivity index (χ0) is 11.4. The number of aromatic hydroxyl groups is 2. The number of nitrogens with two attached hydrogens (primary N) is 1. The van der Waals surface area contributed by atoms with Crippen LogP contribution < -0.4 is 5.73 Å². The van der Waals surface area contributed by atoms with Crippen LogP contribution in [-0.2, 0) is 16.0 Å². The summed E-state index contributed by atoms with van der Waals surface area (Å²) in [4.78, 5) is 11.0.